The molecule has 1 rings (SSSR count). The normalized spacial score (nSPS) is 8.80. The molecule has 0 saturated heterocycles. The van der Waals surface area contributed by atoms with Gasteiger partial charge in [-0.1, -0.05) is 11.5 Å². The summed E-state index contributed by atoms with van der Waals surface area (Å²) >= 11 is 0. The van der Waals surface area contributed by atoms with E-state index < -0.39 is 5.82 Å². The largest absolute Gasteiger partial charge is 0.207 e. The fraction of sp³-hybridized carbons (Fsp3) is 0. The second kappa shape index (κ2) is 2.53. The van der Waals surface area contributed by atoms with Crippen LogP contribution < -0.4 is 5.46 Å². The van der Waals surface area contributed by atoms with Crippen molar-refractivity contribution in [3.8, 4) is 6.07 Å². The van der Waals surface area contributed by atoms with E-state index in [1.807, 2.05) is 0 Å². The molecule has 10 heavy (non-hydrogen) atoms. The zero-order chi connectivity index (χ0) is 7.56. The summed E-state index contributed by atoms with van der Waals surface area (Å²) in [6.07, 6.45) is 0. The number of rotatable bonds is 0. The Morgan fingerprint density at radius 2 is 2.10 bits per heavy atom. The number of hydrogen-bond donors (Lipinski definition) is 0. The first-order chi connectivity index (χ1) is 4.72. The van der Waals surface area contributed by atoms with Crippen molar-refractivity contribution in [3.63, 3.8) is 0 Å². The third kappa shape index (κ3) is 1.35. The third-order valence-corrected chi connectivity index (χ3v) is 1.05. The molecule has 0 heterocycles. The Hall–Kier alpha value is -1.30. The topological polar surface area (TPSA) is 23.8 Å². The third-order valence-electron chi connectivity index (χ3n) is 1.05. The Labute approximate surface area is 59.5 Å². The van der Waals surface area contributed by atoms with E-state index in [1.54, 1.807) is 6.07 Å². The van der Waals surface area contributed by atoms with Gasteiger partial charge in [-0.3, -0.25) is 0 Å². The maximum Gasteiger partial charge on any atom is 0.123 e. The lowest BCUT2D eigenvalue weighted by molar-refractivity contribution is 0.628. The van der Waals surface area contributed by atoms with E-state index in [2.05, 4.69) is 0 Å². The maximum absolute atomic E-state index is 12.4. The van der Waals surface area contributed by atoms with E-state index >= 15 is 0 Å². The lowest BCUT2D eigenvalue weighted by Gasteiger charge is -1.92. The van der Waals surface area contributed by atoms with Crippen molar-refractivity contribution in [1.82, 2.24) is 0 Å². The molecule has 0 unspecified atom stereocenters. The van der Waals surface area contributed by atoms with Crippen molar-refractivity contribution in [1.29, 1.82) is 5.26 Å². The second-order valence-electron chi connectivity index (χ2n) is 1.89. The molecule has 0 aromatic heterocycles. The van der Waals surface area contributed by atoms with Crippen molar-refractivity contribution in [3.05, 3.63) is 29.6 Å². The average molecular weight is 131 g/mol. The quantitative estimate of drug-likeness (QED) is 0.470. The second-order valence-corrected chi connectivity index (χ2v) is 1.89. The molecule has 0 aliphatic heterocycles. The van der Waals surface area contributed by atoms with E-state index in [4.69, 9.17) is 13.1 Å². The lowest BCUT2D eigenvalue weighted by Crippen LogP contribution is -2.03. The Kier molecular flexibility index (Phi) is 1.72. The molecule has 0 amide bonds. The van der Waals surface area contributed by atoms with Gasteiger partial charge in [0.1, 0.15) is 13.7 Å². The van der Waals surface area contributed by atoms with Crippen LogP contribution in [0.1, 0.15) is 5.56 Å². The van der Waals surface area contributed by atoms with Gasteiger partial charge in [0.05, 0.1) is 11.6 Å². The molecular weight excluding hydrogens is 128 g/mol. The van der Waals surface area contributed by atoms with Crippen LogP contribution in [0, 0.1) is 17.1 Å². The molecule has 46 valence electrons. The van der Waals surface area contributed by atoms with Crippen LogP contribution >= 0.6 is 0 Å². The highest BCUT2D eigenvalue weighted by atomic mass is 19.1. The van der Waals surface area contributed by atoms with Gasteiger partial charge in [0.25, 0.3) is 0 Å². The minimum atomic E-state index is -0.475. The summed E-state index contributed by atoms with van der Waals surface area (Å²) in [5.41, 5.74) is 0.522. The van der Waals surface area contributed by atoms with Crippen molar-refractivity contribution in [2.24, 2.45) is 0 Å². The molecule has 0 bridgehead atoms. The molecule has 3 heteroatoms. The highest BCUT2D eigenvalue weighted by molar-refractivity contribution is 6.32. The molecule has 0 saturated carbocycles. The number of benzene rings is 1. The van der Waals surface area contributed by atoms with Gasteiger partial charge < -0.3 is 0 Å². The fourth-order valence-corrected chi connectivity index (χ4v) is 0.677. The van der Waals surface area contributed by atoms with Crippen LogP contribution in [-0.2, 0) is 0 Å². The average Bonchev–Trinajstić information content (AvgIpc) is 1.85. The van der Waals surface area contributed by atoms with E-state index in [1.165, 1.54) is 12.1 Å². The Morgan fingerprint density at radius 3 is 2.60 bits per heavy atom. The van der Waals surface area contributed by atoms with Crippen LogP contribution in [0.15, 0.2) is 18.2 Å². The zero-order valence-corrected chi connectivity index (χ0v) is 5.13. The van der Waals surface area contributed by atoms with Gasteiger partial charge in [0.15, 0.2) is 0 Å². The molecule has 1 nitrogen and oxygen atoms in total. The van der Waals surface area contributed by atoms with Gasteiger partial charge in [-0.15, -0.1) is 0 Å². The van der Waals surface area contributed by atoms with E-state index in [0.717, 1.165) is 6.07 Å². The van der Waals surface area contributed by atoms with E-state index in [9.17, 15) is 4.39 Å². The number of nitriles is 1. The SMILES string of the molecule is [B]c1cc(F)cc(C#N)c1. The molecule has 0 atom stereocenters. The highest BCUT2D eigenvalue weighted by Crippen LogP contribution is 1.98. The maximum atomic E-state index is 12.4. The molecule has 2 radical (unpaired) electrons. The standard InChI is InChI=1S/C7H3BFN/c8-6-1-5(4-10)2-7(9)3-6/h1-3H. The molecule has 0 N–H and O–H groups in total. The van der Waals surface area contributed by atoms with Crippen molar-refractivity contribution >= 4 is 13.3 Å². The Morgan fingerprint density at radius 1 is 1.40 bits per heavy atom. The molecule has 1 aromatic carbocycles. The predicted octanol–water partition coefficient (Wildman–Crippen LogP) is 0.491. The van der Waals surface area contributed by atoms with Crippen LogP contribution in [0.5, 0.6) is 0 Å². The van der Waals surface area contributed by atoms with Crippen LogP contribution in [0.4, 0.5) is 4.39 Å². The molecule has 0 aliphatic rings. The van der Waals surface area contributed by atoms with Gasteiger partial charge in [0.2, 0.25) is 0 Å². The summed E-state index contributed by atoms with van der Waals surface area (Å²) in [4.78, 5) is 0. The summed E-state index contributed by atoms with van der Waals surface area (Å²) in [5.74, 6) is -0.475. The number of halogens is 1. The summed E-state index contributed by atoms with van der Waals surface area (Å²) < 4.78 is 12.4. The summed E-state index contributed by atoms with van der Waals surface area (Å²) in [6.45, 7) is 0. The summed E-state index contributed by atoms with van der Waals surface area (Å²) in [7, 11) is 5.24. The van der Waals surface area contributed by atoms with Crippen molar-refractivity contribution < 1.29 is 4.39 Å². The van der Waals surface area contributed by atoms with Gasteiger partial charge in [0, 0.05) is 0 Å². The van der Waals surface area contributed by atoms with Crippen LogP contribution in [0.3, 0.4) is 0 Å². The minimum Gasteiger partial charge on any atom is -0.207 e. The first-order valence-corrected chi connectivity index (χ1v) is 2.68. The highest BCUT2D eigenvalue weighted by Gasteiger charge is 1.94. The first-order valence-electron chi connectivity index (χ1n) is 2.68. The van der Waals surface area contributed by atoms with Crippen molar-refractivity contribution in [2.75, 3.05) is 0 Å². The molecule has 1 aromatic rings. The van der Waals surface area contributed by atoms with Gasteiger partial charge >= 0.3 is 0 Å². The van der Waals surface area contributed by atoms with Crippen LogP contribution in [0.2, 0.25) is 0 Å². The van der Waals surface area contributed by atoms with Gasteiger partial charge in [-0.2, -0.15) is 5.26 Å². The first kappa shape index (κ1) is 6.82. The van der Waals surface area contributed by atoms with Crippen molar-refractivity contribution in [2.45, 2.75) is 0 Å². The fourth-order valence-electron chi connectivity index (χ4n) is 0.677. The predicted molar refractivity (Wildman–Crippen MR) is 36.5 cm³/mol. The monoisotopic (exact) mass is 131 g/mol. The molecule has 0 fully saturated rings. The minimum absolute atomic E-state index is 0.248. The Balaban J connectivity index is 3.22. The van der Waals surface area contributed by atoms with E-state index in [0.29, 0.717) is 0 Å². The molecule has 0 aliphatic carbocycles. The van der Waals surface area contributed by atoms with Crippen LogP contribution in [-0.4, -0.2) is 7.85 Å². The zero-order valence-electron chi connectivity index (χ0n) is 5.13. The van der Waals surface area contributed by atoms with E-state index in [-0.39, 0.29) is 11.0 Å². The lowest BCUT2D eigenvalue weighted by atomic mass is 9.94. The van der Waals surface area contributed by atoms with Gasteiger partial charge in [-0.05, 0) is 12.1 Å². The summed E-state index contributed by atoms with van der Waals surface area (Å²) in [6, 6.07) is 5.51. The number of hydrogen-bond acceptors (Lipinski definition) is 1. The smallest absolute Gasteiger partial charge is 0.123 e. The number of nitrogens with zero attached hydrogens (tertiary/aromatic N) is 1. The summed E-state index contributed by atoms with van der Waals surface area (Å²) in [5, 5.41) is 8.31. The van der Waals surface area contributed by atoms with Crippen LogP contribution in [0.25, 0.3) is 0 Å². The van der Waals surface area contributed by atoms with Gasteiger partial charge in [-0.25, -0.2) is 4.39 Å². The Bertz CT molecular complexity index is 270. The molecular formula is C7H3BFN. The molecule has 0 spiro atoms.